The van der Waals surface area contributed by atoms with E-state index in [4.69, 9.17) is 4.74 Å². The summed E-state index contributed by atoms with van der Waals surface area (Å²) in [5, 5.41) is 3.04. The highest BCUT2D eigenvalue weighted by molar-refractivity contribution is 14.1. The number of halogens is 1. The molecule has 1 atom stereocenters. The van der Waals surface area contributed by atoms with Crippen molar-refractivity contribution in [1.29, 1.82) is 0 Å². The summed E-state index contributed by atoms with van der Waals surface area (Å²) in [4.78, 5) is 12.5. The van der Waals surface area contributed by atoms with Crippen LogP contribution < -0.4 is 14.8 Å². The average Bonchev–Trinajstić information content (AvgIpc) is 2.71. The molecule has 1 aliphatic rings. The molecular formula is C21H25IN2O4S. The Labute approximate surface area is 185 Å². The van der Waals surface area contributed by atoms with E-state index in [1.54, 1.807) is 31.2 Å². The monoisotopic (exact) mass is 528 g/mol. The average molecular weight is 528 g/mol. The van der Waals surface area contributed by atoms with Gasteiger partial charge in [0.25, 0.3) is 15.9 Å². The van der Waals surface area contributed by atoms with Crippen LogP contribution in [0.15, 0.2) is 53.4 Å². The summed E-state index contributed by atoms with van der Waals surface area (Å²) >= 11 is 2.16. The lowest BCUT2D eigenvalue weighted by Gasteiger charge is -2.24. The van der Waals surface area contributed by atoms with Crippen molar-refractivity contribution in [3.05, 3.63) is 52.1 Å². The van der Waals surface area contributed by atoms with Gasteiger partial charge < -0.3 is 10.1 Å². The van der Waals surface area contributed by atoms with Crippen LogP contribution in [-0.4, -0.2) is 26.5 Å². The van der Waals surface area contributed by atoms with E-state index in [0.29, 0.717) is 11.4 Å². The minimum absolute atomic E-state index is 0.128. The molecule has 2 aromatic rings. The maximum atomic E-state index is 12.5. The molecule has 29 heavy (non-hydrogen) atoms. The number of rotatable bonds is 7. The summed E-state index contributed by atoms with van der Waals surface area (Å²) in [6.07, 6.45) is 4.89. The summed E-state index contributed by atoms with van der Waals surface area (Å²) in [6, 6.07) is 13.4. The minimum atomic E-state index is -3.69. The highest BCUT2D eigenvalue weighted by Gasteiger charge is 2.21. The molecule has 0 bridgehead atoms. The highest BCUT2D eigenvalue weighted by atomic mass is 127. The lowest BCUT2D eigenvalue weighted by molar-refractivity contribution is -0.128. The Hall–Kier alpha value is -1.81. The smallest absolute Gasteiger partial charge is 0.261 e. The summed E-state index contributed by atoms with van der Waals surface area (Å²) in [6.45, 7) is 1.70. The van der Waals surface area contributed by atoms with Crippen molar-refractivity contribution in [3.8, 4) is 5.75 Å². The largest absolute Gasteiger partial charge is 0.481 e. The molecule has 1 fully saturated rings. The Kier molecular flexibility index (Phi) is 7.39. The number of hydrogen-bond acceptors (Lipinski definition) is 4. The number of hydrogen-bond donors (Lipinski definition) is 2. The third kappa shape index (κ3) is 6.33. The Balaban J connectivity index is 1.58. The van der Waals surface area contributed by atoms with E-state index >= 15 is 0 Å². The van der Waals surface area contributed by atoms with Gasteiger partial charge in [0.15, 0.2) is 6.10 Å². The minimum Gasteiger partial charge on any atom is -0.481 e. The van der Waals surface area contributed by atoms with Gasteiger partial charge in [-0.25, -0.2) is 8.42 Å². The first-order chi connectivity index (χ1) is 13.8. The topological polar surface area (TPSA) is 84.5 Å². The molecule has 0 radical (unpaired) electrons. The molecule has 8 heteroatoms. The number of amides is 1. The number of anilines is 1. The van der Waals surface area contributed by atoms with Gasteiger partial charge in [-0.2, -0.15) is 0 Å². The Bertz CT molecular complexity index is 924. The van der Waals surface area contributed by atoms with E-state index in [1.165, 1.54) is 18.6 Å². The second-order valence-electron chi connectivity index (χ2n) is 7.19. The molecule has 0 spiro atoms. The van der Waals surface area contributed by atoms with Crippen molar-refractivity contribution in [2.75, 3.05) is 4.72 Å². The summed E-state index contributed by atoms with van der Waals surface area (Å²) in [5.41, 5.74) is 0.499. The predicted molar refractivity (Wildman–Crippen MR) is 122 cm³/mol. The zero-order valence-electron chi connectivity index (χ0n) is 16.2. The number of carbonyl (C=O) groups is 1. The molecule has 0 unspecified atom stereocenters. The molecule has 0 saturated heterocycles. The third-order valence-corrected chi connectivity index (χ3v) is 6.98. The lowest BCUT2D eigenvalue weighted by Crippen LogP contribution is -2.43. The maximum absolute atomic E-state index is 12.5. The fourth-order valence-electron chi connectivity index (χ4n) is 3.25. The van der Waals surface area contributed by atoms with Gasteiger partial charge in [0.2, 0.25) is 0 Å². The van der Waals surface area contributed by atoms with Gasteiger partial charge in [0.1, 0.15) is 5.75 Å². The molecule has 1 amide bonds. The van der Waals surface area contributed by atoms with Crippen molar-refractivity contribution >= 4 is 44.2 Å². The normalized spacial score (nSPS) is 16.1. The van der Waals surface area contributed by atoms with Crippen molar-refractivity contribution in [2.24, 2.45) is 0 Å². The zero-order chi connectivity index (χ0) is 20.9. The number of carbonyl (C=O) groups excluding carboxylic acids is 1. The van der Waals surface area contributed by atoms with Crippen LogP contribution in [0.1, 0.15) is 39.0 Å². The number of sulfonamides is 1. The van der Waals surface area contributed by atoms with Crippen molar-refractivity contribution in [1.82, 2.24) is 5.32 Å². The second-order valence-corrected chi connectivity index (χ2v) is 10.1. The fourth-order valence-corrected chi connectivity index (χ4v) is 4.67. The number of benzene rings is 2. The molecule has 0 aromatic heterocycles. The van der Waals surface area contributed by atoms with Gasteiger partial charge in [0, 0.05) is 15.3 Å². The molecule has 0 aliphatic heterocycles. The summed E-state index contributed by atoms with van der Waals surface area (Å²) < 4.78 is 34.3. The number of ether oxygens (including phenoxy) is 1. The molecule has 3 rings (SSSR count). The van der Waals surface area contributed by atoms with Crippen LogP contribution in [0, 0.1) is 3.57 Å². The Morgan fingerprint density at radius 1 is 1.03 bits per heavy atom. The van der Waals surface area contributed by atoms with Crippen molar-refractivity contribution in [3.63, 3.8) is 0 Å². The van der Waals surface area contributed by atoms with Crippen LogP contribution in [0.4, 0.5) is 5.69 Å². The maximum Gasteiger partial charge on any atom is 0.261 e. The van der Waals surface area contributed by atoms with Gasteiger partial charge in [-0.05, 0) is 90.9 Å². The Morgan fingerprint density at radius 3 is 2.28 bits per heavy atom. The van der Waals surface area contributed by atoms with Gasteiger partial charge in [-0.15, -0.1) is 0 Å². The van der Waals surface area contributed by atoms with E-state index in [1.807, 2.05) is 12.1 Å². The number of nitrogens with one attached hydrogen (secondary N) is 2. The molecule has 1 saturated carbocycles. The molecule has 0 heterocycles. The van der Waals surface area contributed by atoms with Gasteiger partial charge in [0.05, 0.1) is 4.90 Å². The first-order valence-electron chi connectivity index (χ1n) is 9.69. The second kappa shape index (κ2) is 9.80. The van der Waals surface area contributed by atoms with Gasteiger partial charge in [-0.1, -0.05) is 19.3 Å². The van der Waals surface area contributed by atoms with E-state index in [2.05, 4.69) is 32.6 Å². The summed E-state index contributed by atoms with van der Waals surface area (Å²) in [7, 11) is -3.69. The molecule has 156 valence electrons. The summed E-state index contributed by atoms with van der Waals surface area (Å²) in [5.74, 6) is 0.304. The first kappa shape index (κ1) is 21.9. The SMILES string of the molecule is C[C@@H](Oc1ccc(S(=O)(=O)Nc2ccc(I)cc2)cc1)C(=O)NC1CCCCC1. The predicted octanol–water partition coefficient (Wildman–Crippen LogP) is 4.31. The van der Waals surface area contributed by atoms with E-state index in [9.17, 15) is 13.2 Å². The van der Waals surface area contributed by atoms with Crippen LogP contribution in [0.5, 0.6) is 5.75 Å². The van der Waals surface area contributed by atoms with Crippen LogP contribution in [0.2, 0.25) is 0 Å². The fraction of sp³-hybridized carbons (Fsp3) is 0.381. The van der Waals surface area contributed by atoms with Crippen LogP contribution in [0.25, 0.3) is 0 Å². The van der Waals surface area contributed by atoms with Crippen LogP contribution in [-0.2, 0) is 14.8 Å². The van der Waals surface area contributed by atoms with Crippen LogP contribution in [0.3, 0.4) is 0 Å². The third-order valence-electron chi connectivity index (χ3n) is 4.86. The van der Waals surface area contributed by atoms with E-state index in [0.717, 1.165) is 29.3 Å². The first-order valence-corrected chi connectivity index (χ1v) is 12.3. The van der Waals surface area contributed by atoms with E-state index in [-0.39, 0.29) is 16.8 Å². The van der Waals surface area contributed by atoms with Crippen LogP contribution >= 0.6 is 22.6 Å². The van der Waals surface area contributed by atoms with Gasteiger partial charge >= 0.3 is 0 Å². The standard InChI is InChI=1S/C21H25IN2O4S/c1-15(21(25)23-17-5-3-2-4-6-17)28-19-11-13-20(14-12-19)29(26,27)24-18-9-7-16(22)8-10-18/h7-15,17,24H,2-6H2,1H3,(H,23,25)/t15-/m1/s1. The molecular weight excluding hydrogens is 503 g/mol. The molecule has 2 aromatic carbocycles. The molecule has 2 N–H and O–H groups in total. The van der Waals surface area contributed by atoms with E-state index < -0.39 is 16.1 Å². The lowest BCUT2D eigenvalue weighted by atomic mass is 9.95. The quantitative estimate of drug-likeness (QED) is 0.525. The van der Waals surface area contributed by atoms with Gasteiger partial charge in [-0.3, -0.25) is 9.52 Å². The molecule has 1 aliphatic carbocycles. The Morgan fingerprint density at radius 2 is 1.66 bits per heavy atom. The van der Waals surface area contributed by atoms with Crippen molar-refractivity contribution in [2.45, 2.75) is 56.1 Å². The van der Waals surface area contributed by atoms with Crippen molar-refractivity contribution < 1.29 is 17.9 Å². The highest BCUT2D eigenvalue weighted by Crippen LogP contribution is 2.21. The zero-order valence-corrected chi connectivity index (χ0v) is 19.2. The molecule has 6 nitrogen and oxygen atoms in total.